The van der Waals surface area contributed by atoms with Crippen LogP contribution in [0.4, 0.5) is 18.9 Å². The Hall–Kier alpha value is -2.50. The zero-order valence-electron chi connectivity index (χ0n) is 17.0. The highest BCUT2D eigenvalue weighted by atomic mass is 19.4. The van der Waals surface area contributed by atoms with Crippen molar-refractivity contribution >= 4 is 11.6 Å². The van der Waals surface area contributed by atoms with Gasteiger partial charge in [0.25, 0.3) is 5.91 Å². The van der Waals surface area contributed by atoms with Gasteiger partial charge in [-0.3, -0.25) is 4.79 Å². The number of rotatable bonds is 3. The number of aryl methyl sites for hydroxylation is 2. The zero-order chi connectivity index (χ0) is 21.2. The number of anilines is 1. The largest absolute Gasteiger partial charge is 0.573 e. The second-order valence-electron chi connectivity index (χ2n) is 8.51. The number of alkyl halides is 3. The van der Waals surface area contributed by atoms with Gasteiger partial charge in [0.1, 0.15) is 0 Å². The second-order valence-corrected chi connectivity index (χ2v) is 8.51. The van der Waals surface area contributed by atoms with Crippen LogP contribution in [0.25, 0.3) is 0 Å². The molecule has 0 atom stereocenters. The van der Waals surface area contributed by atoms with E-state index in [2.05, 4.69) is 30.8 Å². The topological polar surface area (TPSA) is 38.3 Å². The maximum absolute atomic E-state index is 12.9. The van der Waals surface area contributed by atoms with Crippen molar-refractivity contribution in [2.45, 2.75) is 64.7 Å². The van der Waals surface area contributed by atoms with Crippen molar-refractivity contribution in [1.29, 1.82) is 0 Å². The monoisotopic (exact) mass is 405 g/mol. The Labute approximate surface area is 169 Å². The molecule has 29 heavy (non-hydrogen) atoms. The van der Waals surface area contributed by atoms with E-state index in [0.717, 1.165) is 42.4 Å². The molecular weight excluding hydrogens is 379 g/mol. The van der Waals surface area contributed by atoms with Crippen molar-refractivity contribution in [3.8, 4) is 5.75 Å². The number of carbonyl (C=O) groups excluding carboxylic acids is 1. The SMILES string of the molecule is CC(C)(C)c1ccc(C(=O)Nc2cc3c(cc2OC(F)(F)F)CCCCC3)cc1. The Bertz CT molecular complexity index is 881. The van der Waals surface area contributed by atoms with Crippen molar-refractivity contribution < 1.29 is 22.7 Å². The quantitative estimate of drug-likeness (QED) is 0.600. The molecule has 0 aliphatic heterocycles. The number of carbonyl (C=O) groups is 1. The molecule has 156 valence electrons. The molecule has 2 aromatic rings. The van der Waals surface area contributed by atoms with Gasteiger partial charge >= 0.3 is 6.36 Å². The van der Waals surface area contributed by atoms with Crippen LogP contribution in [-0.4, -0.2) is 12.3 Å². The first-order chi connectivity index (χ1) is 13.5. The van der Waals surface area contributed by atoms with Crippen LogP contribution in [0.5, 0.6) is 5.75 Å². The summed E-state index contributed by atoms with van der Waals surface area (Å²) in [6, 6.07) is 10.1. The molecule has 1 N–H and O–H groups in total. The van der Waals surface area contributed by atoms with Gasteiger partial charge in [0.15, 0.2) is 5.75 Å². The van der Waals surface area contributed by atoms with Gasteiger partial charge in [-0.15, -0.1) is 13.2 Å². The number of fused-ring (bicyclic) bond motifs is 1. The summed E-state index contributed by atoms with van der Waals surface area (Å²) in [5, 5.41) is 2.61. The molecule has 1 amide bonds. The number of benzene rings is 2. The van der Waals surface area contributed by atoms with Crippen LogP contribution < -0.4 is 10.1 Å². The van der Waals surface area contributed by atoms with E-state index in [1.54, 1.807) is 18.2 Å². The predicted octanol–water partition coefficient (Wildman–Crippen LogP) is 6.40. The first-order valence-corrected chi connectivity index (χ1v) is 9.86. The molecule has 0 heterocycles. The number of hydrogen-bond donors (Lipinski definition) is 1. The minimum absolute atomic E-state index is 0.0490. The molecular formula is C23H26F3NO2. The number of ether oxygens (including phenoxy) is 1. The second kappa shape index (κ2) is 8.09. The fourth-order valence-electron chi connectivity index (χ4n) is 3.56. The van der Waals surface area contributed by atoms with E-state index in [9.17, 15) is 18.0 Å². The van der Waals surface area contributed by atoms with Gasteiger partial charge in [-0.25, -0.2) is 0 Å². The lowest BCUT2D eigenvalue weighted by Gasteiger charge is -2.19. The standard InChI is InChI=1S/C23H26F3NO2/c1-22(2,3)18-11-9-15(10-12-18)21(28)27-19-13-16-7-5-4-6-8-17(16)14-20(19)29-23(24,25)26/h9-14H,4-8H2,1-3H3,(H,27,28). The van der Waals surface area contributed by atoms with Crippen LogP contribution in [0.1, 0.15) is 67.1 Å². The van der Waals surface area contributed by atoms with Crippen molar-refractivity contribution in [1.82, 2.24) is 0 Å². The van der Waals surface area contributed by atoms with Gasteiger partial charge < -0.3 is 10.1 Å². The number of halogens is 3. The van der Waals surface area contributed by atoms with Gasteiger partial charge in [-0.1, -0.05) is 39.3 Å². The highest BCUT2D eigenvalue weighted by Crippen LogP contribution is 2.36. The molecule has 3 nitrogen and oxygen atoms in total. The molecule has 1 aliphatic carbocycles. The maximum Gasteiger partial charge on any atom is 0.573 e. The smallest absolute Gasteiger partial charge is 0.404 e. The van der Waals surface area contributed by atoms with E-state index >= 15 is 0 Å². The third-order valence-corrected chi connectivity index (χ3v) is 5.18. The Morgan fingerprint density at radius 1 is 0.931 bits per heavy atom. The minimum Gasteiger partial charge on any atom is -0.404 e. The van der Waals surface area contributed by atoms with Crippen LogP contribution in [0, 0.1) is 0 Å². The van der Waals surface area contributed by atoms with Gasteiger partial charge in [-0.05, 0) is 72.1 Å². The van der Waals surface area contributed by atoms with E-state index in [4.69, 9.17) is 0 Å². The average molecular weight is 405 g/mol. The molecule has 0 aromatic heterocycles. The maximum atomic E-state index is 12.9. The fraction of sp³-hybridized carbons (Fsp3) is 0.435. The van der Waals surface area contributed by atoms with Crippen LogP contribution in [-0.2, 0) is 18.3 Å². The molecule has 3 rings (SSSR count). The van der Waals surface area contributed by atoms with Crippen molar-refractivity contribution in [2.75, 3.05) is 5.32 Å². The Morgan fingerprint density at radius 2 is 1.52 bits per heavy atom. The van der Waals surface area contributed by atoms with E-state index in [-0.39, 0.29) is 16.9 Å². The van der Waals surface area contributed by atoms with Crippen LogP contribution in [0.2, 0.25) is 0 Å². The van der Waals surface area contributed by atoms with Gasteiger partial charge in [0.05, 0.1) is 5.69 Å². The molecule has 0 fully saturated rings. The zero-order valence-corrected chi connectivity index (χ0v) is 17.0. The van der Waals surface area contributed by atoms with Crippen LogP contribution in [0.3, 0.4) is 0 Å². The summed E-state index contributed by atoms with van der Waals surface area (Å²) in [4.78, 5) is 12.7. The van der Waals surface area contributed by atoms with Gasteiger partial charge in [-0.2, -0.15) is 0 Å². The molecule has 0 saturated heterocycles. The summed E-state index contributed by atoms with van der Waals surface area (Å²) < 4.78 is 43.0. The first kappa shape index (κ1) is 21.2. The molecule has 0 saturated carbocycles. The molecule has 0 radical (unpaired) electrons. The molecule has 6 heteroatoms. The lowest BCUT2D eigenvalue weighted by atomic mass is 9.86. The highest BCUT2D eigenvalue weighted by Gasteiger charge is 2.33. The van der Waals surface area contributed by atoms with E-state index in [0.29, 0.717) is 12.0 Å². The lowest BCUT2D eigenvalue weighted by molar-refractivity contribution is -0.274. The number of hydrogen-bond acceptors (Lipinski definition) is 2. The van der Waals surface area contributed by atoms with Gasteiger partial charge in [0, 0.05) is 5.56 Å². The molecule has 2 aromatic carbocycles. The Kier molecular flexibility index (Phi) is 5.92. The average Bonchev–Trinajstić information content (AvgIpc) is 2.85. The normalized spacial score (nSPS) is 14.7. The number of nitrogens with one attached hydrogen (secondary N) is 1. The summed E-state index contributed by atoms with van der Waals surface area (Å²) in [5.74, 6) is -0.830. The third-order valence-electron chi connectivity index (χ3n) is 5.18. The summed E-state index contributed by atoms with van der Waals surface area (Å²) in [6.45, 7) is 6.20. The molecule has 1 aliphatic rings. The summed E-state index contributed by atoms with van der Waals surface area (Å²) in [5.41, 5.74) is 3.27. The summed E-state index contributed by atoms with van der Waals surface area (Å²) in [6.07, 6.45) is -0.381. The highest BCUT2D eigenvalue weighted by molar-refractivity contribution is 6.05. The Balaban J connectivity index is 1.90. The van der Waals surface area contributed by atoms with Gasteiger partial charge in [0.2, 0.25) is 0 Å². The van der Waals surface area contributed by atoms with Crippen molar-refractivity contribution in [2.24, 2.45) is 0 Å². The summed E-state index contributed by atoms with van der Waals surface area (Å²) in [7, 11) is 0. The Morgan fingerprint density at radius 3 is 2.07 bits per heavy atom. The van der Waals surface area contributed by atoms with E-state index < -0.39 is 12.3 Å². The first-order valence-electron chi connectivity index (χ1n) is 9.86. The predicted molar refractivity (Wildman–Crippen MR) is 107 cm³/mol. The number of amides is 1. The summed E-state index contributed by atoms with van der Waals surface area (Å²) >= 11 is 0. The lowest BCUT2D eigenvalue weighted by Crippen LogP contribution is -2.20. The van der Waals surface area contributed by atoms with E-state index in [1.165, 1.54) is 6.07 Å². The molecule has 0 unspecified atom stereocenters. The van der Waals surface area contributed by atoms with Crippen LogP contribution in [0.15, 0.2) is 36.4 Å². The van der Waals surface area contributed by atoms with Crippen LogP contribution >= 0.6 is 0 Å². The third kappa shape index (κ3) is 5.52. The molecule has 0 spiro atoms. The van der Waals surface area contributed by atoms with Crippen molar-refractivity contribution in [3.05, 3.63) is 58.7 Å². The van der Waals surface area contributed by atoms with Crippen molar-refractivity contribution in [3.63, 3.8) is 0 Å². The fourth-order valence-corrected chi connectivity index (χ4v) is 3.56. The molecule has 0 bridgehead atoms. The minimum atomic E-state index is -4.83. The van der Waals surface area contributed by atoms with E-state index in [1.807, 2.05) is 12.1 Å².